The van der Waals surface area contributed by atoms with E-state index in [4.69, 9.17) is 23.7 Å². The number of nitrogens with one attached hydrogen (secondary N) is 3. The summed E-state index contributed by atoms with van der Waals surface area (Å²) in [6.45, 7) is 14.4. The summed E-state index contributed by atoms with van der Waals surface area (Å²) in [5, 5.41) is 9.13. The lowest BCUT2D eigenvalue weighted by atomic mass is 9.95. The molecule has 0 unspecified atom stereocenters. The van der Waals surface area contributed by atoms with Crippen LogP contribution >= 0.6 is 0 Å². The summed E-state index contributed by atoms with van der Waals surface area (Å²) in [4.78, 5) is 24.6. The van der Waals surface area contributed by atoms with E-state index < -0.39 is 11.7 Å². The van der Waals surface area contributed by atoms with E-state index in [0.717, 1.165) is 28.0 Å². The Morgan fingerprint density at radius 1 is 0.977 bits per heavy atom. The van der Waals surface area contributed by atoms with Gasteiger partial charge in [0.05, 0.1) is 40.6 Å². The zero-order valence-electron chi connectivity index (χ0n) is 26.8. The van der Waals surface area contributed by atoms with Gasteiger partial charge in [-0.1, -0.05) is 12.7 Å². The third kappa shape index (κ3) is 11.1. The molecule has 3 N–H and O–H groups in total. The average Bonchev–Trinajstić information content (AvgIpc) is 2.95. The third-order valence-corrected chi connectivity index (χ3v) is 6.23. The second kappa shape index (κ2) is 17.3. The molecular weight excluding hydrogens is 552 g/mol. The maximum atomic E-state index is 13.0. The van der Waals surface area contributed by atoms with Gasteiger partial charge in [-0.05, 0) is 64.1 Å². The van der Waals surface area contributed by atoms with Crippen LogP contribution in [-0.2, 0) is 27.8 Å². The number of aromatic nitrogens is 1. The van der Waals surface area contributed by atoms with E-state index in [1.165, 1.54) is 0 Å². The molecule has 0 saturated carbocycles. The predicted molar refractivity (Wildman–Crippen MR) is 171 cm³/mol. The van der Waals surface area contributed by atoms with Gasteiger partial charge in [0, 0.05) is 55.3 Å². The first-order chi connectivity index (χ1) is 20.4. The minimum atomic E-state index is -0.532. The van der Waals surface area contributed by atoms with Crippen LogP contribution in [0.15, 0.2) is 35.4 Å². The SMILES string of the molecule is C=Cc1c(/C=C(\C)NCCOCCOCCNC(=O)OC(C)(C)C)c(-c2cc(OC)c(CNC)c(OC)c2)cn(C)c1=O. The molecule has 1 heterocycles. The van der Waals surface area contributed by atoms with Crippen molar-refractivity contribution in [2.75, 3.05) is 60.8 Å². The highest BCUT2D eigenvalue weighted by Crippen LogP contribution is 2.37. The van der Waals surface area contributed by atoms with Crippen molar-refractivity contribution >= 4 is 18.2 Å². The number of benzene rings is 1. The molecule has 0 aliphatic carbocycles. The second-order valence-electron chi connectivity index (χ2n) is 10.8. The van der Waals surface area contributed by atoms with Crippen LogP contribution in [0.3, 0.4) is 0 Å². The van der Waals surface area contributed by atoms with E-state index >= 15 is 0 Å². The highest BCUT2D eigenvalue weighted by atomic mass is 16.6. The number of ether oxygens (including phenoxy) is 5. The van der Waals surface area contributed by atoms with Crippen molar-refractivity contribution in [2.45, 2.75) is 39.8 Å². The van der Waals surface area contributed by atoms with Gasteiger partial charge in [0.1, 0.15) is 17.1 Å². The predicted octanol–water partition coefficient (Wildman–Crippen LogP) is 3.94. The zero-order chi connectivity index (χ0) is 32.0. The molecule has 43 heavy (non-hydrogen) atoms. The standard InChI is InChI=1S/C32H48N4O7/c1-10-24-25(17-22(2)34-11-13-41-15-16-42-14-12-35-31(38)43-32(3,4)5)27(21-36(7)30(24)37)23-18-28(39-8)26(20-33-6)29(19-23)40-9/h10,17-19,21,33-34H,1,11-16,20H2,2-9H3,(H,35,38)/b22-17+. The molecule has 0 spiro atoms. The normalized spacial score (nSPS) is 11.7. The van der Waals surface area contributed by atoms with Gasteiger partial charge < -0.3 is 44.2 Å². The van der Waals surface area contributed by atoms with Gasteiger partial charge in [-0.3, -0.25) is 4.79 Å². The van der Waals surface area contributed by atoms with Crippen molar-refractivity contribution in [3.63, 3.8) is 0 Å². The van der Waals surface area contributed by atoms with Gasteiger partial charge >= 0.3 is 6.09 Å². The fourth-order valence-corrected chi connectivity index (χ4v) is 4.29. The number of allylic oxidation sites excluding steroid dienone is 1. The molecule has 2 aromatic rings. The Kier molecular flexibility index (Phi) is 14.3. The van der Waals surface area contributed by atoms with Crippen molar-refractivity contribution in [3.8, 4) is 22.6 Å². The lowest BCUT2D eigenvalue weighted by Crippen LogP contribution is -2.34. The van der Waals surface area contributed by atoms with Gasteiger partial charge in [0.15, 0.2) is 0 Å². The van der Waals surface area contributed by atoms with Gasteiger partial charge in [-0.15, -0.1) is 0 Å². The van der Waals surface area contributed by atoms with Gasteiger partial charge in [-0.2, -0.15) is 0 Å². The number of rotatable bonds is 17. The molecule has 0 aliphatic rings. The number of alkyl carbamates (subject to hydrolysis) is 1. The van der Waals surface area contributed by atoms with Crippen LogP contribution in [0, 0.1) is 0 Å². The van der Waals surface area contributed by atoms with Gasteiger partial charge in [0.25, 0.3) is 5.56 Å². The van der Waals surface area contributed by atoms with Gasteiger partial charge in [0.2, 0.25) is 0 Å². The van der Waals surface area contributed by atoms with Crippen LogP contribution in [-0.4, -0.2) is 77.0 Å². The molecule has 2 rings (SSSR count). The van der Waals surface area contributed by atoms with E-state index in [9.17, 15) is 9.59 Å². The number of amides is 1. The first-order valence-electron chi connectivity index (χ1n) is 14.3. The van der Waals surface area contributed by atoms with Crippen molar-refractivity contribution < 1.29 is 28.5 Å². The number of methoxy groups -OCH3 is 2. The van der Waals surface area contributed by atoms with E-state index in [2.05, 4.69) is 22.5 Å². The van der Waals surface area contributed by atoms with Crippen LogP contribution < -0.4 is 31.0 Å². The largest absolute Gasteiger partial charge is 0.496 e. The first kappa shape index (κ1) is 35.4. The summed E-state index contributed by atoms with van der Waals surface area (Å²) in [5.41, 5.74) is 4.00. The van der Waals surface area contributed by atoms with E-state index in [0.29, 0.717) is 63.1 Å². The van der Waals surface area contributed by atoms with Crippen LogP contribution in [0.1, 0.15) is 44.4 Å². The third-order valence-electron chi connectivity index (χ3n) is 6.23. The zero-order valence-corrected chi connectivity index (χ0v) is 26.8. The Labute approximate surface area is 255 Å². The molecule has 1 aromatic heterocycles. The molecule has 1 aromatic carbocycles. The number of carbonyl (C=O) groups excluding carboxylic acids is 1. The van der Waals surface area contributed by atoms with Crippen LogP contribution in [0.4, 0.5) is 4.79 Å². The van der Waals surface area contributed by atoms with E-state index in [1.54, 1.807) is 31.9 Å². The Bertz CT molecular complexity index is 1290. The molecule has 0 saturated heterocycles. The Balaban J connectivity index is 2.04. The smallest absolute Gasteiger partial charge is 0.407 e. The quantitative estimate of drug-likeness (QED) is 0.232. The van der Waals surface area contributed by atoms with Crippen molar-refractivity contribution in [1.82, 2.24) is 20.5 Å². The maximum absolute atomic E-state index is 13.0. The summed E-state index contributed by atoms with van der Waals surface area (Å²) in [7, 11) is 6.84. The molecule has 11 heteroatoms. The first-order valence-corrected chi connectivity index (χ1v) is 14.3. The summed E-state index contributed by atoms with van der Waals surface area (Å²) in [5.74, 6) is 1.37. The Hall–Kier alpha value is -3.80. The van der Waals surface area contributed by atoms with Crippen molar-refractivity contribution in [3.05, 3.63) is 57.6 Å². The molecule has 0 atom stereocenters. The molecule has 0 fully saturated rings. The topological polar surface area (TPSA) is 121 Å². The molecule has 1 amide bonds. The minimum absolute atomic E-state index is 0.145. The lowest BCUT2D eigenvalue weighted by molar-refractivity contribution is 0.0406. The van der Waals surface area contributed by atoms with E-state index in [-0.39, 0.29) is 5.56 Å². The maximum Gasteiger partial charge on any atom is 0.407 e. The lowest BCUT2D eigenvalue weighted by Gasteiger charge is -2.19. The van der Waals surface area contributed by atoms with E-state index in [1.807, 2.05) is 59.1 Å². The Morgan fingerprint density at radius 3 is 2.07 bits per heavy atom. The second-order valence-corrected chi connectivity index (χ2v) is 10.8. The van der Waals surface area contributed by atoms with Crippen LogP contribution in [0.5, 0.6) is 11.5 Å². The number of pyridine rings is 1. The van der Waals surface area contributed by atoms with Crippen LogP contribution in [0.25, 0.3) is 23.3 Å². The molecule has 0 radical (unpaired) electrons. The number of hydrogen-bond acceptors (Lipinski definition) is 9. The highest BCUT2D eigenvalue weighted by molar-refractivity contribution is 5.82. The summed E-state index contributed by atoms with van der Waals surface area (Å²) in [6, 6.07) is 3.90. The number of aryl methyl sites for hydroxylation is 1. The number of carbonyl (C=O) groups is 1. The summed E-state index contributed by atoms with van der Waals surface area (Å²) < 4.78 is 29.2. The highest BCUT2D eigenvalue weighted by Gasteiger charge is 2.18. The average molecular weight is 601 g/mol. The van der Waals surface area contributed by atoms with Crippen molar-refractivity contribution in [2.24, 2.45) is 7.05 Å². The summed E-state index contributed by atoms with van der Waals surface area (Å²) in [6.07, 6.45) is 4.87. The summed E-state index contributed by atoms with van der Waals surface area (Å²) >= 11 is 0. The fourth-order valence-electron chi connectivity index (χ4n) is 4.29. The molecule has 238 valence electrons. The van der Waals surface area contributed by atoms with Crippen LogP contribution in [0.2, 0.25) is 0 Å². The molecule has 11 nitrogen and oxygen atoms in total. The minimum Gasteiger partial charge on any atom is -0.496 e. The molecule has 0 aliphatic heterocycles. The number of hydrogen-bond donors (Lipinski definition) is 3. The monoisotopic (exact) mass is 600 g/mol. The van der Waals surface area contributed by atoms with Gasteiger partial charge in [-0.25, -0.2) is 4.79 Å². The Morgan fingerprint density at radius 2 is 1.56 bits per heavy atom. The molecular formula is C32H48N4O7. The fraction of sp³-hybridized carbons (Fsp3) is 0.500. The molecule has 0 bridgehead atoms. The number of nitrogens with zero attached hydrogens (tertiary/aromatic N) is 1. The van der Waals surface area contributed by atoms with Crippen molar-refractivity contribution in [1.29, 1.82) is 0 Å².